The third-order valence-corrected chi connectivity index (χ3v) is 2.67. The summed E-state index contributed by atoms with van der Waals surface area (Å²) in [5.74, 6) is -0.0666. The Balaban J connectivity index is 2.95. The zero-order valence-electron chi connectivity index (χ0n) is 8.88. The van der Waals surface area contributed by atoms with E-state index in [9.17, 15) is 4.79 Å². The van der Waals surface area contributed by atoms with Gasteiger partial charge in [-0.25, -0.2) is 0 Å². The van der Waals surface area contributed by atoms with Gasteiger partial charge in [0.2, 0.25) is 5.91 Å². The minimum absolute atomic E-state index is 0.0666. The molecule has 0 heterocycles. The second-order valence-electron chi connectivity index (χ2n) is 3.33. The van der Waals surface area contributed by atoms with E-state index in [2.05, 4.69) is 21.2 Å². The predicted molar refractivity (Wildman–Crippen MR) is 66.8 cm³/mol. The van der Waals surface area contributed by atoms with Crippen molar-refractivity contribution in [2.45, 2.75) is 19.8 Å². The Bertz CT molecular complexity index is 451. The number of hydrogen-bond donors (Lipinski definition) is 2. The fraction of sp³-hybridized carbons (Fsp3) is 0.273. The number of nitrogens with one attached hydrogen (secondary N) is 1. The largest absolute Gasteiger partial charge is 0.397 e. The van der Waals surface area contributed by atoms with Gasteiger partial charge in [0.25, 0.3) is 0 Å². The lowest BCUT2D eigenvalue weighted by atomic mass is 10.1. The van der Waals surface area contributed by atoms with Crippen molar-refractivity contribution in [2.24, 2.45) is 0 Å². The molecule has 1 aromatic carbocycles. The highest BCUT2D eigenvalue weighted by Crippen LogP contribution is 2.27. The summed E-state index contributed by atoms with van der Waals surface area (Å²) >= 11 is 3.24. The van der Waals surface area contributed by atoms with E-state index in [1.807, 2.05) is 13.0 Å². The maximum atomic E-state index is 11.4. The van der Waals surface area contributed by atoms with Crippen LogP contribution in [0.3, 0.4) is 0 Å². The highest BCUT2D eigenvalue weighted by atomic mass is 79.9. The third kappa shape index (κ3) is 2.97. The molecular weight excluding hydrogens is 270 g/mol. The minimum atomic E-state index is -0.0666. The average Bonchev–Trinajstić information content (AvgIpc) is 2.23. The van der Waals surface area contributed by atoms with Crippen molar-refractivity contribution >= 4 is 33.2 Å². The predicted octanol–water partition coefficient (Wildman–Crippen LogP) is 2.64. The fourth-order valence-corrected chi connectivity index (χ4v) is 1.69. The number of carbonyl (C=O) groups is 1. The summed E-state index contributed by atoms with van der Waals surface area (Å²) in [6.07, 6.45) is 1.25. The molecule has 1 aromatic rings. The first kappa shape index (κ1) is 12.5. The van der Waals surface area contributed by atoms with Crippen LogP contribution >= 0.6 is 15.9 Å². The molecule has 0 aliphatic carbocycles. The number of amides is 1. The van der Waals surface area contributed by atoms with E-state index < -0.39 is 0 Å². The number of carbonyl (C=O) groups excluding carboxylic acids is 1. The molecular formula is C11H12BrN3O. The first-order chi connectivity index (χ1) is 7.58. The second-order valence-corrected chi connectivity index (χ2v) is 4.18. The van der Waals surface area contributed by atoms with Crippen molar-refractivity contribution in [3.8, 4) is 6.07 Å². The van der Waals surface area contributed by atoms with Gasteiger partial charge in [-0.3, -0.25) is 4.79 Å². The van der Waals surface area contributed by atoms with Gasteiger partial charge in [-0.2, -0.15) is 5.26 Å². The van der Waals surface area contributed by atoms with Gasteiger partial charge in [0.15, 0.2) is 0 Å². The molecule has 0 bridgehead atoms. The van der Waals surface area contributed by atoms with Crippen LogP contribution in [0.1, 0.15) is 25.3 Å². The van der Waals surface area contributed by atoms with Gasteiger partial charge < -0.3 is 11.1 Å². The van der Waals surface area contributed by atoms with Crippen LogP contribution in [-0.2, 0) is 4.79 Å². The zero-order chi connectivity index (χ0) is 12.1. The van der Waals surface area contributed by atoms with E-state index in [4.69, 9.17) is 11.0 Å². The Hall–Kier alpha value is -1.54. The number of nitriles is 1. The van der Waals surface area contributed by atoms with Crippen LogP contribution in [0.5, 0.6) is 0 Å². The number of nitrogens with two attached hydrogens (primary N) is 1. The Labute approximate surface area is 103 Å². The van der Waals surface area contributed by atoms with Crippen LogP contribution in [-0.4, -0.2) is 5.91 Å². The monoisotopic (exact) mass is 281 g/mol. The summed E-state index contributed by atoms with van der Waals surface area (Å²) in [5.41, 5.74) is 6.98. The van der Waals surface area contributed by atoms with Crippen LogP contribution in [0, 0.1) is 11.3 Å². The highest BCUT2D eigenvalue weighted by Gasteiger charge is 2.07. The lowest BCUT2D eigenvalue weighted by Crippen LogP contribution is -2.11. The van der Waals surface area contributed by atoms with Gasteiger partial charge >= 0.3 is 0 Å². The number of anilines is 2. The van der Waals surface area contributed by atoms with Crippen LogP contribution < -0.4 is 11.1 Å². The van der Waals surface area contributed by atoms with Crippen molar-refractivity contribution in [1.29, 1.82) is 5.26 Å². The van der Waals surface area contributed by atoms with E-state index in [1.54, 1.807) is 12.1 Å². The van der Waals surface area contributed by atoms with E-state index in [-0.39, 0.29) is 5.91 Å². The lowest BCUT2D eigenvalue weighted by molar-refractivity contribution is -0.116. The SMILES string of the molecule is CCCC(=O)Nc1cc(Br)c(N)c(C#N)c1. The maximum absolute atomic E-state index is 11.4. The van der Waals surface area contributed by atoms with Crippen LogP contribution in [0.15, 0.2) is 16.6 Å². The number of benzene rings is 1. The van der Waals surface area contributed by atoms with Crippen molar-refractivity contribution in [2.75, 3.05) is 11.1 Å². The number of hydrogen-bond acceptors (Lipinski definition) is 3. The lowest BCUT2D eigenvalue weighted by Gasteiger charge is -2.07. The molecule has 3 N–H and O–H groups in total. The molecule has 0 aliphatic heterocycles. The van der Waals surface area contributed by atoms with Crippen LogP contribution in [0.25, 0.3) is 0 Å². The molecule has 0 fully saturated rings. The van der Waals surface area contributed by atoms with Gasteiger partial charge in [-0.1, -0.05) is 6.92 Å². The normalized spacial score (nSPS) is 9.56. The molecule has 0 unspecified atom stereocenters. The Morgan fingerprint density at radius 1 is 1.62 bits per heavy atom. The summed E-state index contributed by atoms with van der Waals surface area (Å²) in [7, 11) is 0. The fourth-order valence-electron chi connectivity index (χ4n) is 1.23. The molecule has 0 aromatic heterocycles. The first-order valence-electron chi connectivity index (χ1n) is 4.87. The maximum Gasteiger partial charge on any atom is 0.224 e. The molecule has 84 valence electrons. The molecule has 0 atom stereocenters. The second kappa shape index (κ2) is 5.52. The van der Waals surface area contributed by atoms with Crippen molar-refractivity contribution < 1.29 is 4.79 Å². The molecule has 0 aliphatic rings. The standard InChI is InChI=1S/C11H12BrN3O/c1-2-3-10(16)15-8-4-7(6-13)11(14)9(12)5-8/h4-5H,2-3,14H2,1H3,(H,15,16). The molecule has 0 radical (unpaired) electrons. The molecule has 4 nitrogen and oxygen atoms in total. The smallest absolute Gasteiger partial charge is 0.224 e. The Kier molecular flexibility index (Phi) is 4.32. The topological polar surface area (TPSA) is 78.9 Å². The molecule has 5 heteroatoms. The molecule has 0 saturated heterocycles. The van der Waals surface area contributed by atoms with Gasteiger partial charge in [0.1, 0.15) is 6.07 Å². The summed E-state index contributed by atoms with van der Waals surface area (Å²) in [6.45, 7) is 1.93. The van der Waals surface area contributed by atoms with Crippen LogP contribution in [0.4, 0.5) is 11.4 Å². The summed E-state index contributed by atoms with van der Waals surface area (Å²) in [4.78, 5) is 11.4. The summed E-state index contributed by atoms with van der Waals surface area (Å²) in [5, 5.41) is 11.6. The highest BCUT2D eigenvalue weighted by molar-refractivity contribution is 9.10. The van der Waals surface area contributed by atoms with E-state index >= 15 is 0 Å². The third-order valence-electron chi connectivity index (χ3n) is 2.01. The first-order valence-corrected chi connectivity index (χ1v) is 5.66. The number of rotatable bonds is 3. The molecule has 1 amide bonds. The van der Waals surface area contributed by atoms with Crippen molar-refractivity contribution in [3.05, 3.63) is 22.2 Å². The molecule has 1 rings (SSSR count). The van der Waals surface area contributed by atoms with Crippen LogP contribution in [0.2, 0.25) is 0 Å². The number of nitrogens with zero attached hydrogens (tertiary/aromatic N) is 1. The molecule has 0 spiro atoms. The zero-order valence-corrected chi connectivity index (χ0v) is 10.5. The summed E-state index contributed by atoms with van der Waals surface area (Å²) in [6, 6.07) is 5.22. The summed E-state index contributed by atoms with van der Waals surface area (Å²) < 4.78 is 0.610. The molecule has 16 heavy (non-hydrogen) atoms. The Morgan fingerprint density at radius 2 is 2.31 bits per heavy atom. The van der Waals surface area contributed by atoms with Crippen molar-refractivity contribution in [1.82, 2.24) is 0 Å². The quantitative estimate of drug-likeness (QED) is 0.836. The van der Waals surface area contributed by atoms with Gasteiger partial charge in [-0.05, 0) is 34.5 Å². The number of halogens is 1. The van der Waals surface area contributed by atoms with Gasteiger partial charge in [-0.15, -0.1) is 0 Å². The number of nitrogen functional groups attached to an aromatic ring is 1. The minimum Gasteiger partial charge on any atom is -0.397 e. The van der Waals surface area contributed by atoms with E-state index in [0.717, 1.165) is 6.42 Å². The van der Waals surface area contributed by atoms with Gasteiger partial charge in [0, 0.05) is 16.6 Å². The van der Waals surface area contributed by atoms with E-state index in [1.165, 1.54) is 0 Å². The Morgan fingerprint density at radius 3 is 2.88 bits per heavy atom. The molecule has 0 saturated carbocycles. The van der Waals surface area contributed by atoms with Crippen molar-refractivity contribution in [3.63, 3.8) is 0 Å². The van der Waals surface area contributed by atoms with E-state index in [0.29, 0.717) is 27.8 Å². The average molecular weight is 282 g/mol. The van der Waals surface area contributed by atoms with Gasteiger partial charge in [0.05, 0.1) is 11.3 Å².